The number of fused-ring (bicyclic) bond motifs is 1. The Labute approximate surface area is 204 Å². The molecule has 0 radical (unpaired) electrons. The maximum absolute atomic E-state index is 13.3. The summed E-state index contributed by atoms with van der Waals surface area (Å²) in [4.78, 5) is 15.3. The summed E-state index contributed by atoms with van der Waals surface area (Å²) < 4.78 is 11.3. The second kappa shape index (κ2) is 13.4. The number of hydrogen-bond donors (Lipinski definition) is 2. The van der Waals surface area contributed by atoms with Crippen LogP contribution in [0.2, 0.25) is 0 Å². The van der Waals surface area contributed by atoms with Gasteiger partial charge in [-0.1, -0.05) is 37.5 Å². The summed E-state index contributed by atoms with van der Waals surface area (Å²) in [5, 5.41) is 7.23. The molecule has 2 aromatic rings. The van der Waals surface area contributed by atoms with E-state index in [0.29, 0.717) is 5.92 Å². The standard InChI is InChI=1S/C28H39N3O3/c32-28(22-34-26-9-5-4-6-10-26)31-16-8-3-1-2-7-15-29-21-24-19-25(11-12-27(24)31)30-20-23-13-17-33-18-14-23/h4-6,9-12,19,23,29-30H,1-3,7-8,13-18,20-22H2. The molecule has 2 aliphatic heterocycles. The molecule has 1 amide bonds. The zero-order valence-electron chi connectivity index (χ0n) is 20.3. The summed E-state index contributed by atoms with van der Waals surface area (Å²) in [6.07, 6.45) is 8.03. The van der Waals surface area contributed by atoms with E-state index in [2.05, 4.69) is 28.8 Å². The topological polar surface area (TPSA) is 62.8 Å². The molecule has 184 valence electrons. The van der Waals surface area contributed by atoms with Gasteiger partial charge in [-0.05, 0) is 74.0 Å². The normalized spacial score (nSPS) is 18.3. The smallest absolute Gasteiger partial charge is 0.264 e. The lowest BCUT2D eigenvalue weighted by atomic mass is 10.00. The number of rotatable bonds is 6. The van der Waals surface area contributed by atoms with Crippen LogP contribution in [-0.4, -0.2) is 45.4 Å². The highest BCUT2D eigenvalue weighted by Crippen LogP contribution is 2.27. The van der Waals surface area contributed by atoms with Gasteiger partial charge in [-0.25, -0.2) is 0 Å². The number of benzene rings is 2. The molecule has 6 nitrogen and oxygen atoms in total. The van der Waals surface area contributed by atoms with E-state index < -0.39 is 0 Å². The molecule has 0 aromatic heterocycles. The zero-order valence-corrected chi connectivity index (χ0v) is 20.3. The Morgan fingerprint density at radius 2 is 1.82 bits per heavy atom. The largest absolute Gasteiger partial charge is 0.484 e. The fourth-order valence-electron chi connectivity index (χ4n) is 4.71. The lowest BCUT2D eigenvalue weighted by Gasteiger charge is -2.27. The molecule has 0 spiro atoms. The van der Waals surface area contributed by atoms with Crippen molar-refractivity contribution < 1.29 is 14.3 Å². The Morgan fingerprint density at radius 3 is 2.68 bits per heavy atom. The van der Waals surface area contributed by atoms with E-state index in [1.54, 1.807) is 0 Å². The third kappa shape index (κ3) is 7.47. The van der Waals surface area contributed by atoms with Gasteiger partial charge in [0.05, 0.1) is 0 Å². The average molecular weight is 466 g/mol. The second-order valence-corrected chi connectivity index (χ2v) is 9.37. The fraction of sp³-hybridized carbons (Fsp3) is 0.536. The molecule has 4 rings (SSSR count). The minimum atomic E-state index is 0.00470. The van der Waals surface area contributed by atoms with Crippen LogP contribution in [0.5, 0.6) is 5.75 Å². The van der Waals surface area contributed by atoms with Crippen molar-refractivity contribution in [3.05, 3.63) is 54.1 Å². The molecule has 0 atom stereocenters. The average Bonchev–Trinajstić information content (AvgIpc) is 2.88. The fourth-order valence-corrected chi connectivity index (χ4v) is 4.71. The van der Waals surface area contributed by atoms with Gasteiger partial charge in [-0.2, -0.15) is 0 Å². The number of nitrogens with one attached hydrogen (secondary N) is 2. The lowest BCUT2D eigenvalue weighted by molar-refractivity contribution is -0.120. The molecule has 6 heteroatoms. The number of para-hydroxylation sites is 1. The molecule has 0 unspecified atom stereocenters. The van der Waals surface area contributed by atoms with Gasteiger partial charge in [-0.3, -0.25) is 4.79 Å². The molecule has 2 aliphatic rings. The Morgan fingerprint density at radius 1 is 1.03 bits per heavy atom. The van der Waals surface area contributed by atoms with Crippen LogP contribution in [0.25, 0.3) is 0 Å². The molecule has 1 saturated heterocycles. The molecule has 2 heterocycles. The van der Waals surface area contributed by atoms with Crippen LogP contribution in [0.1, 0.15) is 50.5 Å². The van der Waals surface area contributed by atoms with Crippen LogP contribution in [0.3, 0.4) is 0 Å². The minimum Gasteiger partial charge on any atom is -0.484 e. The highest BCUT2D eigenvalue weighted by atomic mass is 16.5. The molecule has 0 bridgehead atoms. The minimum absolute atomic E-state index is 0.00470. The predicted molar refractivity (Wildman–Crippen MR) is 138 cm³/mol. The van der Waals surface area contributed by atoms with Gasteiger partial charge < -0.3 is 25.0 Å². The van der Waals surface area contributed by atoms with Crippen molar-refractivity contribution in [2.24, 2.45) is 5.92 Å². The van der Waals surface area contributed by atoms with Crippen molar-refractivity contribution in [1.82, 2.24) is 5.32 Å². The molecular formula is C28H39N3O3. The first-order chi connectivity index (χ1) is 16.8. The van der Waals surface area contributed by atoms with E-state index in [4.69, 9.17) is 9.47 Å². The summed E-state index contributed by atoms with van der Waals surface area (Å²) >= 11 is 0. The van der Waals surface area contributed by atoms with E-state index in [1.807, 2.05) is 35.2 Å². The van der Waals surface area contributed by atoms with Crippen LogP contribution in [0.4, 0.5) is 11.4 Å². The van der Waals surface area contributed by atoms with Crippen molar-refractivity contribution in [1.29, 1.82) is 0 Å². The van der Waals surface area contributed by atoms with Gasteiger partial charge in [0, 0.05) is 44.2 Å². The number of nitrogens with zero attached hydrogens (tertiary/aromatic N) is 1. The number of carbonyl (C=O) groups is 1. The predicted octanol–water partition coefficient (Wildman–Crippen LogP) is 4.99. The van der Waals surface area contributed by atoms with E-state index in [9.17, 15) is 4.79 Å². The van der Waals surface area contributed by atoms with Crippen molar-refractivity contribution in [3.8, 4) is 5.75 Å². The maximum atomic E-state index is 13.3. The van der Waals surface area contributed by atoms with E-state index in [0.717, 1.165) is 87.8 Å². The number of carbonyl (C=O) groups excluding carboxylic acids is 1. The van der Waals surface area contributed by atoms with Gasteiger partial charge >= 0.3 is 0 Å². The molecule has 0 saturated carbocycles. The second-order valence-electron chi connectivity index (χ2n) is 9.37. The first kappa shape index (κ1) is 24.6. The van der Waals surface area contributed by atoms with Crippen LogP contribution < -0.4 is 20.3 Å². The van der Waals surface area contributed by atoms with Crippen LogP contribution >= 0.6 is 0 Å². The highest BCUT2D eigenvalue weighted by Gasteiger charge is 2.20. The van der Waals surface area contributed by atoms with Gasteiger partial charge in [0.2, 0.25) is 0 Å². The summed E-state index contributed by atoms with van der Waals surface area (Å²) in [5.41, 5.74) is 3.27. The molecule has 1 fully saturated rings. The van der Waals surface area contributed by atoms with Gasteiger partial charge in [0.25, 0.3) is 5.91 Å². The van der Waals surface area contributed by atoms with E-state index in [-0.39, 0.29) is 12.5 Å². The summed E-state index contributed by atoms with van der Waals surface area (Å²) in [6.45, 7) is 5.21. The Balaban J connectivity index is 1.49. The summed E-state index contributed by atoms with van der Waals surface area (Å²) in [5.74, 6) is 1.38. The molecule has 2 aromatic carbocycles. The van der Waals surface area contributed by atoms with Crippen molar-refractivity contribution in [3.63, 3.8) is 0 Å². The molecule has 34 heavy (non-hydrogen) atoms. The van der Waals surface area contributed by atoms with Crippen molar-refractivity contribution in [2.45, 2.75) is 51.5 Å². The lowest BCUT2D eigenvalue weighted by Crippen LogP contribution is -2.37. The number of ether oxygens (including phenoxy) is 2. The van der Waals surface area contributed by atoms with Crippen molar-refractivity contribution >= 4 is 17.3 Å². The Hall–Kier alpha value is -2.57. The van der Waals surface area contributed by atoms with Gasteiger partial charge in [0.15, 0.2) is 6.61 Å². The van der Waals surface area contributed by atoms with Crippen molar-refractivity contribution in [2.75, 3.05) is 49.7 Å². The number of amides is 1. The number of hydrogen-bond acceptors (Lipinski definition) is 5. The van der Waals surface area contributed by atoms with Gasteiger partial charge in [-0.15, -0.1) is 0 Å². The molecular weight excluding hydrogens is 426 g/mol. The monoisotopic (exact) mass is 465 g/mol. The Bertz CT molecular complexity index is 884. The quantitative estimate of drug-likeness (QED) is 0.629. The highest BCUT2D eigenvalue weighted by molar-refractivity contribution is 5.95. The van der Waals surface area contributed by atoms with Gasteiger partial charge in [0.1, 0.15) is 5.75 Å². The zero-order chi connectivity index (χ0) is 23.4. The third-order valence-electron chi connectivity index (χ3n) is 6.76. The summed E-state index contributed by atoms with van der Waals surface area (Å²) in [7, 11) is 0. The third-order valence-corrected chi connectivity index (χ3v) is 6.76. The van der Waals surface area contributed by atoms with E-state index >= 15 is 0 Å². The first-order valence-corrected chi connectivity index (χ1v) is 12.9. The van der Waals surface area contributed by atoms with Crippen LogP contribution in [-0.2, 0) is 16.1 Å². The Kier molecular flexibility index (Phi) is 9.64. The molecule has 0 aliphatic carbocycles. The SMILES string of the molecule is O=C(COc1ccccc1)N1CCCCCCCNCc2cc(NCC3CCOCC3)ccc21. The van der Waals surface area contributed by atoms with Crippen LogP contribution in [0, 0.1) is 5.92 Å². The van der Waals surface area contributed by atoms with E-state index in [1.165, 1.54) is 19.3 Å². The number of anilines is 2. The summed E-state index contributed by atoms with van der Waals surface area (Å²) in [6, 6.07) is 16.0. The molecule has 2 N–H and O–H groups in total. The maximum Gasteiger partial charge on any atom is 0.264 e. The van der Waals surface area contributed by atoms with Crippen LogP contribution in [0.15, 0.2) is 48.5 Å². The first-order valence-electron chi connectivity index (χ1n) is 12.9.